The zero-order chi connectivity index (χ0) is 14.4. The number of nitrogens with zero attached hydrogens (tertiary/aromatic N) is 4. The summed E-state index contributed by atoms with van der Waals surface area (Å²) in [7, 11) is 2.00. The zero-order valence-electron chi connectivity index (χ0n) is 11.9. The van der Waals surface area contributed by atoms with E-state index in [4.69, 9.17) is 5.84 Å². The summed E-state index contributed by atoms with van der Waals surface area (Å²) in [5, 5.41) is 0. The lowest BCUT2D eigenvalue weighted by Gasteiger charge is -2.19. The first-order valence-electron chi connectivity index (χ1n) is 6.67. The van der Waals surface area contributed by atoms with Crippen molar-refractivity contribution in [3.8, 4) is 0 Å². The van der Waals surface area contributed by atoms with E-state index >= 15 is 0 Å². The molecule has 6 heteroatoms. The summed E-state index contributed by atoms with van der Waals surface area (Å²) in [5.74, 6) is 7.77. The minimum absolute atomic E-state index is 0.639. The number of hydrogen-bond donors (Lipinski definition) is 2. The summed E-state index contributed by atoms with van der Waals surface area (Å²) in [6, 6.07) is 5.83. The molecule has 0 bridgehead atoms. The summed E-state index contributed by atoms with van der Waals surface area (Å²) in [6.07, 6.45) is 5.42. The summed E-state index contributed by atoms with van der Waals surface area (Å²) >= 11 is 0. The summed E-state index contributed by atoms with van der Waals surface area (Å²) in [5.41, 5.74) is 3.78. The van der Waals surface area contributed by atoms with E-state index < -0.39 is 0 Å². The second kappa shape index (κ2) is 6.81. The number of anilines is 2. The molecule has 2 heterocycles. The van der Waals surface area contributed by atoms with Gasteiger partial charge >= 0.3 is 0 Å². The summed E-state index contributed by atoms with van der Waals surface area (Å²) in [4.78, 5) is 15.0. The van der Waals surface area contributed by atoms with Crippen molar-refractivity contribution in [3.63, 3.8) is 0 Å². The molecule has 0 aliphatic carbocycles. The van der Waals surface area contributed by atoms with Crippen LogP contribution in [0.15, 0.2) is 30.6 Å². The Morgan fingerprint density at radius 2 is 2.00 bits per heavy atom. The lowest BCUT2D eigenvalue weighted by molar-refractivity contribution is 0.812. The lowest BCUT2D eigenvalue weighted by Crippen LogP contribution is -2.20. The number of pyridine rings is 1. The van der Waals surface area contributed by atoms with Crippen LogP contribution in [0.1, 0.15) is 24.7 Å². The molecule has 106 valence electrons. The molecule has 0 saturated heterocycles. The second-order valence-electron chi connectivity index (χ2n) is 4.63. The Kier molecular flexibility index (Phi) is 4.84. The highest BCUT2D eigenvalue weighted by atomic mass is 15.3. The zero-order valence-corrected chi connectivity index (χ0v) is 11.9. The minimum Gasteiger partial charge on any atom is -0.355 e. The quantitative estimate of drug-likeness (QED) is 0.616. The molecule has 0 unspecified atom stereocenters. The van der Waals surface area contributed by atoms with Gasteiger partial charge in [-0.2, -0.15) is 0 Å². The molecule has 0 fully saturated rings. The molecule has 0 aromatic carbocycles. The van der Waals surface area contributed by atoms with Crippen LogP contribution >= 0.6 is 0 Å². The molecule has 0 radical (unpaired) electrons. The summed E-state index contributed by atoms with van der Waals surface area (Å²) in [6.45, 7) is 2.86. The van der Waals surface area contributed by atoms with E-state index in [1.165, 1.54) is 5.56 Å². The fourth-order valence-corrected chi connectivity index (χ4v) is 1.93. The van der Waals surface area contributed by atoms with Gasteiger partial charge in [0.25, 0.3) is 0 Å². The van der Waals surface area contributed by atoms with Crippen molar-refractivity contribution in [2.24, 2.45) is 5.84 Å². The van der Waals surface area contributed by atoms with Gasteiger partial charge in [-0.3, -0.25) is 4.98 Å². The van der Waals surface area contributed by atoms with E-state index in [1.807, 2.05) is 25.2 Å². The van der Waals surface area contributed by atoms with Gasteiger partial charge in [0.2, 0.25) is 0 Å². The van der Waals surface area contributed by atoms with Gasteiger partial charge in [-0.1, -0.05) is 6.92 Å². The third kappa shape index (κ3) is 3.64. The lowest BCUT2D eigenvalue weighted by atomic mass is 10.2. The van der Waals surface area contributed by atoms with Crippen LogP contribution < -0.4 is 16.2 Å². The smallest absolute Gasteiger partial charge is 0.145 e. The van der Waals surface area contributed by atoms with Crippen molar-refractivity contribution in [2.45, 2.75) is 26.3 Å². The van der Waals surface area contributed by atoms with Crippen molar-refractivity contribution in [3.05, 3.63) is 42.0 Å². The largest absolute Gasteiger partial charge is 0.355 e. The van der Waals surface area contributed by atoms with Crippen LogP contribution in [0.25, 0.3) is 0 Å². The molecule has 2 rings (SSSR count). The van der Waals surface area contributed by atoms with Gasteiger partial charge in [0.15, 0.2) is 0 Å². The maximum atomic E-state index is 5.47. The first kappa shape index (κ1) is 14.2. The van der Waals surface area contributed by atoms with Crippen LogP contribution in [0, 0.1) is 0 Å². The Hall–Kier alpha value is -2.21. The third-order valence-electron chi connectivity index (χ3n) is 2.94. The van der Waals surface area contributed by atoms with Gasteiger partial charge < -0.3 is 10.3 Å². The molecule has 0 saturated carbocycles. The maximum absolute atomic E-state index is 5.47. The van der Waals surface area contributed by atoms with E-state index in [-0.39, 0.29) is 0 Å². The first-order chi connectivity index (χ1) is 9.72. The number of hydrazine groups is 1. The molecule has 2 aromatic rings. The first-order valence-corrected chi connectivity index (χ1v) is 6.67. The average molecular weight is 272 g/mol. The molecule has 20 heavy (non-hydrogen) atoms. The van der Waals surface area contributed by atoms with Crippen LogP contribution in [0.3, 0.4) is 0 Å². The number of aromatic nitrogens is 3. The topological polar surface area (TPSA) is 80.0 Å². The Morgan fingerprint density at radius 3 is 2.65 bits per heavy atom. The van der Waals surface area contributed by atoms with E-state index in [0.29, 0.717) is 5.82 Å². The number of nitrogens with two attached hydrogens (primary N) is 1. The number of aryl methyl sites for hydroxylation is 1. The van der Waals surface area contributed by atoms with Crippen LogP contribution in [-0.4, -0.2) is 22.0 Å². The molecule has 0 spiro atoms. The van der Waals surface area contributed by atoms with E-state index in [1.54, 1.807) is 12.4 Å². The number of rotatable bonds is 6. The van der Waals surface area contributed by atoms with Crippen molar-refractivity contribution < 1.29 is 0 Å². The maximum Gasteiger partial charge on any atom is 0.145 e. The normalized spacial score (nSPS) is 10.3. The number of nitrogens with one attached hydrogen (secondary N) is 1. The molecule has 2 aromatic heterocycles. The van der Waals surface area contributed by atoms with E-state index in [9.17, 15) is 0 Å². The van der Waals surface area contributed by atoms with Crippen molar-refractivity contribution in [2.75, 3.05) is 17.4 Å². The Balaban J connectivity index is 2.19. The molecule has 3 N–H and O–H groups in total. The van der Waals surface area contributed by atoms with Gasteiger partial charge in [-0.25, -0.2) is 15.8 Å². The fraction of sp³-hybridized carbons (Fsp3) is 0.357. The molecule has 0 atom stereocenters. The SMILES string of the molecule is CCCc1nc(NN)cc(N(C)Cc2ccncc2)n1. The number of nitrogen functional groups attached to an aromatic ring is 1. The van der Waals surface area contributed by atoms with Gasteiger partial charge in [0.05, 0.1) is 0 Å². The van der Waals surface area contributed by atoms with Crippen LogP contribution in [0.4, 0.5) is 11.6 Å². The van der Waals surface area contributed by atoms with Crippen LogP contribution in [-0.2, 0) is 13.0 Å². The molecule has 6 nitrogen and oxygen atoms in total. The molecule has 0 aliphatic heterocycles. The Bertz CT molecular complexity index is 543. The minimum atomic E-state index is 0.639. The van der Waals surface area contributed by atoms with E-state index in [2.05, 4.69) is 32.2 Å². The highest BCUT2D eigenvalue weighted by Gasteiger charge is 2.08. The van der Waals surface area contributed by atoms with Gasteiger partial charge in [0.1, 0.15) is 17.5 Å². The standard InChI is InChI=1S/C14H20N6/c1-3-4-12-17-13(19-15)9-14(18-12)20(2)10-11-5-7-16-8-6-11/h5-9H,3-4,10,15H2,1-2H3,(H,17,18,19). The van der Waals surface area contributed by atoms with Crippen molar-refractivity contribution in [1.29, 1.82) is 0 Å². The average Bonchev–Trinajstić information content (AvgIpc) is 2.48. The number of hydrogen-bond acceptors (Lipinski definition) is 6. The molecular formula is C14H20N6. The van der Waals surface area contributed by atoms with E-state index in [0.717, 1.165) is 31.0 Å². The van der Waals surface area contributed by atoms with Gasteiger partial charge in [0, 0.05) is 38.5 Å². The molecule has 0 amide bonds. The second-order valence-corrected chi connectivity index (χ2v) is 4.63. The van der Waals surface area contributed by atoms with Crippen LogP contribution in [0.5, 0.6) is 0 Å². The van der Waals surface area contributed by atoms with Crippen molar-refractivity contribution >= 4 is 11.6 Å². The third-order valence-corrected chi connectivity index (χ3v) is 2.94. The Morgan fingerprint density at radius 1 is 1.25 bits per heavy atom. The molecular weight excluding hydrogens is 252 g/mol. The predicted octanol–water partition coefficient (Wildman–Crippen LogP) is 1.75. The predicted molar refractivity (Wildman–Crippen MR) is 80.2 cm³/mol. The Labute approximate surface area is 119 Å². The van der Waals surface area contributed by atoms with Gasteiger partial charge in [-0.05, 0) is 24.1 Å². The van der Waals surface area contributed by atoms with Crippen LogP contribution in [0.2, 0.25) is 0 Å². The highest BCUT2D eigenvalue weighted by molar-refractivity contribution is 5.48. The summed E-state index contributed by atoms with van der Waals surface area (Å²) < 4.78 is 0. The van der Waals surface area contributed by atoms with Gasteiger partial charge in [-0.15, -0.1) is 0 Å². The highest BCUT2D eigenvalue weighted by Crippen LogP contribution is 2.17. The van der Waals surface area contributed by atoms with Crippen molar-refractivity contribution in [1.82, 2.24) is 15.0 Å². The monoisotopic (exact) mass is 272 g/mol. The fourth-order valence-electron chi connectivity index (χ4n) is 1.93. The molecule has 0 aliphatic rings.